The summed E-state index contributed by atoms with van der Waals surface area (Å²) in [7, 11) is 0. The predicted octanol–water partition coefficient (Wildman–Crippen LogP) is 3.51. The van der Waals surface area contributed by atoms with Crippen molar-refractivity contribution in [2.75, 3.05) is 18.4 Å². The van der Waals surface area contributed by atoms with Crippen molar-refractivity contribution in [2.45, 2.75) is 57.9 Å². The molecule has 0 unspecified atom stereocenters. The minimum absolute atomic E-state index is 0.160. The molecule has 1 amide bonds. The van der Waals surface area contributed by atoms with Crippen LogP contribution in [0.2, 0.25) is 0 Å². The Bertz CT molecular complexity index is 601. The van der Waals surface area contributed by atoms with E-state index < -0.39 is 0 Å². The number of guanidine groups is 1. The fourth-order valence-corrected chi connectivity index (χ4v) is 3.75. The molecule has 5 heteroatoms. The molecule has 0 aromatic heterocycles. The molecule has 3 rings (SSSR count). The van der Waals surface area contributed by atoms with Gasteiger partial charge in [0.1, 0.15) is 0 Å². The monoisotopic (exact) mass is 342 g/mol. The van der Waals surface area contributed by atoms with Crippen LogP contribution in [-0.2, 0) is 11.3 Å². The first kappa shape index (κ1) is 17.8. The van der Waals surface area contributed by atoms with Gasteiger partial charge in [-0.1, -0.05) is 31.4 Å². The molecule has 3 N–H and O–H groups in total. The van der Waals surface area contributed by atoms with Gasteiger partial charge in [-0.15, -0.1) is 0 Å². The summed E-state index contributed by atoms with van der Waals surface area (Å²) in [5.74, 6) is 0.967. The fourth-order valence-electron chi connectivity index (χ4n) is 3.75. The van der Waals surface area contributed by atoms with E-state index in [9.17, 15) is 4.79 Å². The number of nitrogens with two attached hydrogens (primary N) is 1. The Morgan fingerprint density at radius 2 is 1.84 bits per heavy atom. The molecule has 5 nitrogen and oxygen atoms in total. The number of likely N-dealkylation sites (tertiary alicyclic amines) is 1. The van der Waals surface area contributed by atoms with Gasteiger partial charge < -0.3 is 16.0 Å². The van der Waals surface area contributed by atoms with Gasteiger partial charge in [0, 0.05) is 24.7 Å². The number of rotatable bonds is 4. The van der Waals surface area contributed by atoms with E-state index in [1.165, 1.54) is 38.5 Å². The van der Waals surface area contributed by atoms with Crippen LogP contribution in [-0.4, -0.2) is 29.9 Å². The van der Waals surface area contributed by atoms with Crippen LogP contribution in [0.5, 0.6) is 0 Å². The summed E-state index contributed by atoms with van der Waals surface area (Å²) in [6, 6.07) is 7.96. The van der Waals surface area contributed by atoms with Crippen molar-refractivity contribution < 1.29 is 4.79 Å². The van der Waals surface area contributed by atoms with Crippen LogP contribution in [0.3, 0.4) is 0 Å². The van der Waals surface area contributed by atoms with E-state index in [4.69, 9.17) is 5.73 Å². The van der Waals surface area contributed by atoms with E-state index in [1.54, 1.807) is 0 Å². The summed E-state index contributed by atoms with van der Waals surface area (Å²) >= 11 is 0. The maximum atomic E-state index is 12.4. The fraction of sp³-hybridized carbons (Fsp3) is 0.600. The predicted molar refractivity (Wildman–Crippen MR) is 102 cm³/mol. The zero-order chi connectivity index (χ0) is 17.5. The number of anilines is 1. The van der Waals surface area contributed by atoms with Crippen molar-refractivity contribution in [3.8, 4) is 0 Å². The highest BCUT2D eigenvalue weighted by Crippen LogP contribution is 2.25. The van der Waals surface area contributed by atoms with Crippen LogP contribution in [0.4, 0.5) is 5.69 Å². The number of piperidine rings is 1. The topological polar surface area (TPSA) is 70.7 Å². The van der Waals surface area contributed by atoms with Crippen LogP contribution >= 0.6 is 0 Å². The Kier molecular flexibility index (Phi) is 6.31. The Morgan fingerprint density at radius 1 is 1.12 bits per heavy atom. The van der Waals surface area contributed by atoms with Crippen LogP contribution in [0, 0.1) is 5.92 Å². The summed E-state index contributed by atoms with van der Waals surface area (Å²) in [5.41, 5.74) is 8.05. The van der Waals surface area contributed by atoms with Gasteiger partial charge in [0.2, 0.25) is 5.91 Å². The SMILES string of the molecule is NC(=NCc1cccc(NC(=O)C2CCCCC2)c1)N1CCCCC1. The number of hydrogen-bond acceptors (Lipinski definition) is 2. The van der Waals surface area contributed by atoms with Gasteiger partial charge in [-0.25, -0.2) is 4.99 Å². The molecular formula is C20H30N4O. The van der Waals surface area contributed by atoms with E-state index in [0.29, 0.717) is 12.5 Å². The molecule has 0 bridgehead atoms. The van der Waals surface area contributed by atoms with Gasteiger partial charge in [-0.05, 0) is 49.8 Å². The number of carbonyl (C=O) groups excluding carboxylic acids is 1. The third-order valence-electron chi connectivity index (χ3n) is 5.27. The maximum Gasteiger partial charge on any atom is 0.227 e. The molecule has 136 valence electrons. The van der Waals surface area contributed by atoms with Crippen molar-refractivity contribution in [1.82, 2.24) is 4.90 Å². The van der Waals surface area contributed by atoms with E-state index in [2.05, 4.69) is 15.2 Å². The molecule has 1 heterocycles. The third-order valence-corrected chi connectivity index (χ3v) is 5.27. The number of hydrogen-bond donors (Lipinski definition) is 2. The lowest BCUT2D eigenvalue weighted by Gasteiger charge is -2.27. The van der Waals surface area contributed by atoms with Gasteiger partial charge in [-0.3, -0.25) is 4.79 Å². The van der Waals surface area contributed by atoms with Crippen molar-refractivity contribution >= 4 is 17.6 Å². The first-order valence-corrected chi connectivity index (χ1v) is 9.67. The van der Waals surface area contributed by atoms with Crippen LogP contribution in [0.25, 0.3) is 0 Å². The second-order valence-corrected chi connectivity index (χ2v) is 7.25. The zero-order valence-electron chi connectivity index (χ0n) is 15.0. The first-order valence-electron chi connectivity index (χ1n) is 9.67. The highest BCUT2D eigenvalue weighted by molar-refractivity contribution is 5.92. The molecule has 2 aliphatic rings. The van der Waals surface area contributed by atoms with Gasteiger partial charge in [-0.2, -0.15) is 0 Å². The minimum Gasteiger partial charge on any atom is -0.370 e. The quantitative estimate of drug-likeness (QED) is 0.650. The molecule has 2 fully saturated rings. The van der Waals surface area contributed by atoms with E-state index >= 15 is 0 Å². The Balaban J connectivity index is 1.56. The van der Waals surface area contributed by atoms with Crippen molar-refractivity contribution in [2.24, 2.45) is 16.6 Å². The summed E-state index contributed by atoms with van der Waals surface area (Å²) in [5, 5.41) is 3.07. The number of benzene rings is 1. The van der Waals surface area contributed by atoms with Crippen LogP contribution < -0.4 is 11.1 Å². The molecule has 1 saturated heterocycles. The molecule has 1 aromatic rings. The smallest absolute Gasteiger partial charge is 0.227 e. The van der Waals surface area contributed by atoms with Gasteiger partial charge >= 0.3 is 0 Å². The van der Waals surface area contributed by atoms with Gasteiger partial charge in [0.25, 0.3) is 0 Å². The van der Waals surface area contributed by atoms with Crippen LogP contribution in [0.1, 0.15) is 56.9 Å². The normalized spacial score (nSPS) is 19.7. The molecule has 0 atom stereocenters. The molecule has 1 aliphatic heterocycles. The zero-order valence-corrected chi connectivity index (χ0v) is 15.0. The Hall–Kier alpha value is -2.04. The first-order chi connectivity index (χ1) is 12.2. The summed E-state index contributed by atoms with van der Waals surface area (Å²) in [4.78, 5) is 19.1. The average molecular weight is 342 g/mol. The molecule has 0 spiro atoms. The summed E-state index contributed by atoms with van der Waals surface area (Å²) in [6.07, 6.45) is 9.30. The number of nitrogens with zero attached hydrogens (tertiary/aromatic N) is 2. The number of aliphatic imine (C=N–C) groups is 1. The molecule has 0 radical (unpaired) electrons. The average Bonchev–Trinajstić information content (AvgIpc) is 2.68. The largest absolute Gasteiger partial charge is 0.370 e. The van der Waals surface area contributed by atoms with Gasteiger partial charge in [0.05, 0.1) is 6.54 Å². The Labute approximate surface area is 150 Å². The minimum atomic E-state index is 0.160. The highest BCUT2D eigenvalue weighted by atomic mass is 16.1. The second-order valence-electron chi connectivity index (χ2n) is 7.25. The van der Waals surface area contributed by atoms with Crippen molar-refractivity contribution in [3.63, 3.8) is 0 Å². The molecule has 25 heavy (non-hydrogen) atoms. The lowest BCUT2D eigenvalue weighted by molar-refractivity contribution is -0.120. The summed E-state index contributed by atoms with van der Waals surface area (Å²) in [6.45, 7) is 2.56. The summed E-state index contributed by atoms with van der Waals surface area (Å²) < 4.78 is 0. The van der Waals surface area contributed by atoms with Crippen molar-refractivity contribution in [3.05, 3.63) is 29.8 Å². The maximum absolute atomic E-state index is 12.4. The highest BCUT2D eigenvalue weighted by Gasteiger charge is 2.21. The van der Waals surface area contributed by atoms with E-state index in [-0.39, 0.29) is 11.8 Å². The lowest BCUT2D eigenvalue weighted by atomic mass is 9.88. The standard InChI is InChI=1S/C20H30N4O/c21-20(24-12-5-2-6-13-24)22-15-16-8-7-11-18(14-16)23-19(25)17-9-3-1-4-10-17/h7-8,11,14,17H,1-6,9-10,12-13,15H2,(H2,21,22)(H,23,25). The molecule has 1 aromatic carbocycles. The van der Waals surface area contributed by atoms with E-state index in [1.807, 2.05) is 24.3 Å². The third kappa shape index (κ3) is 5.21. The number of carbonyl (C=O) groups is 1. The lowest BCUT2D eigenvalue weighted by Crippen LogP contribution is -2.40. The van der Waals surface area contributed by atoms with E-state index in [0.717, 1.165) is 37.2 Å². The molecule has 1 saturated carbocycles. The number of nitrogens with one attached hydrogen (secondary N) is 1. The van der Waals surface area contributed by atoms with Crippen molar-refractivity contribution in [1.29, 1.82) is 0 Å². The molecular weight excluding hydrogens is 312 g/mol. The second kappa shape index (κ2) is 8.88. The van der Waals surface area contributed by atoms with Crippen LogP contribution in [0.15, 0.2) is 29.3 Å². The Morgan fingerprint density at radius 3 is 2.60 bits per heavy atom. The molecule has 1 aliphatic carbocycles. The number of amides is 1. The van der Waals surface area contributed by atoms with Gasteiger partial charge in [0.15, 0.2) is 5.96 Å².